The normalized spacial score (nSPS) is 18.6. The first-order valence-electron chi connectivity index (χ1n) is 6.53. The second kappa shape index (κ2) is 5.83. The number of hydrogen-bond acceptors (Lipinski definition) is 6. The fourth-order valence-corrected chi connectivity index (χ4v) is 2.26. The Morgan fingerprint density at radius 3 is 2.95 bits per heavy atom. The molecule has 0 spiro atoms. The van der Waals surface area contributed by atoms with Gasteiger partial charge in [-0.05, 0) is 12.8 Å². The lowest BCUT2D eigenvalue weighted by Crippen LogP contribution is -2.28. The third-order valence-electron chi connectivity index (χ3n) is 3.30. The predicted molar refractivity (Wildman–Crippen MR) is 73.4 cm³/mol. The van der Waals surface area contributed by atoms with Gasteiger partial charge in [-0.2, -0.15) is 0 Å². The number of aromatic nitrogens is 2. The van der Waals surface area contributed by atoms with Gasteiger partial charge in [0, 0.05) is 25.6 Å². The maximum Gasteiger partial charge on any atom is 0.222 e. The molecule has 1 aliphatic heterocycles. The summed E-state index contributed by atoms with van der Waals surface area (Å²) < 4.78 is 0. The van der Waals surface area contributed by atoms with E-state index >= 15 is 0 Å². The van der Waals surface area contributed by atoms with E-state index in [1.807, 2.05) is 0 Å². The van der Waals surface area contributed by atoms with Crippen molar-refractivity contribution >= 4 is 17.5 Å². The highest BCUT2D eigenvalue weighted by Crippen LogP contribution is 2.23. The SMILES string of the molecule is CCCc1nc(NN)cc(N2CCC(C(N)=O)C2)n1. The Balaban J connectivity index is 2.19. The molecule has 0 saturated carbocycles. The quantitative estimate of drug-likeness (QED) is 0.511. The molecule has 7 nitrogen and oxygen atoms in total. The molecule has 1 aliphatic rings. The van der Waals surface area contributed by atoms with E-state index in [0.29, 0.717) is 12.4 Å². The van der Waals surface area contributed by atoms with E-state index in [4.69, 9.17) is 11.6 Å². The van der Waals surface area contributed by atoms with Gasteiger partial charge in [0.1, 0.15) is 17.5 Å². The smallest absolute Gasteiger partial charge is 0.222 e. The second-order valence-corrected chi connectivity index (χ2v) is 4.76. The van der Waals surface area contributed by atoms with Crippen molar-refractivity contribution in [2.75, 3.05) is 23.4 Å². The number of nitrogens with zero attached hydrogens (tertiary/aromatic N) is 3. The minimum atomic E-state index is -0.248. The molecule has 0 aliphatic carbocycles. The van der Waals surface area contributed by atoms with Crippen LogP contribution in [0.2, 0.25) is 0 Å². The van der Waals surface area contributed by atoms with Crippen LogP contribution in [0.1, 0.15) is 25.6 Å². The maximum absolute atomic E-state index is 11.2. The number of rotatable bonds is 5. The molecule has 0 bridgehead atoms. The number of anilines is 2. The summed E-state index contributed by atoms with van der Waals surface area (Å²) in [5.41, 5.74) is 7.90. The first kappa shape index (κ1) is 13.5. The predicted octanol–water partition coefficient (Wildman–Crippen LogP) is 0.0263. The van der Waals surface area contributed by atoms with Gasteiger partial charge in [0.2, 0.25) is 5.91 Å². The molecule has 0 aromatic carbocycles. The van der Waals surface area contributed by atoms with Crippen LogP contribution < -0.4 is 21.9 Å². The number of primary amides is 1. The lowest BCUT2D eigenvalue weighted by molar-refractivity contribution is -0.121. The molecule has 5 N–H and O–H groups in total. The molecule has 1 saturated heterocycles. The molecule has 1 unspecified atom stereocenters. The first-order valence-corrected chi connectivity index (χ1v) is 6.53. The number of amides is 1. The topological polar surface area (TPSA) is 110 Å². The summed E-state index contributed by atoms with van der Waals surface area (Å²) in [4.78, 5) is 22.1. The lowest BCUT2D eigenvalue weighted by Gasteiger charge is -2.18. The molecular weight excluding hydrogens is 244 g/mol. The van der Waals surface area contributed by atoms with Crippen LogP contribution in [0.5, 0.6) is 0 Å². The largest absolute Gasteiger partial charge is 0.369 e. The minimum Gasteiger partial charge on any atom is -0.369 e. The molecule has 7 heteroatoms. The Labute approximate surface area is 112 Å². The van der Waals surface area contributed by atoms with Crippen molar-refractivity contribution in [3.8, 4) is 0 Å². The molecule has 1 aromatic rings. The average molecular weight is 264 g/mol. The molecule has 1 aromatic heterocycles. The minimum absolute atomic E-state index is 0.0983. The summed E-state index contributed by atoms with van der Waals surface area (Å²) in [6.45, 7) is 3.46. The molecule has 2 rings (SSSR count). The van der Waals surface area contributed by atoms with E-state index in [0.717, 1.165) is 37.4 Å². The zero-order valence-electron chi connectivity index (χ0n) is 11.1. The summed E-state index contributed by atoms with van der Waals surface area (Å²) in [6.07, 6.45) is 2.54. The Morgan fingerprint density at radius 2 is 2.37 bits per heavy atom. The van der Waals surface area contributed by atoms with Crippen LogP contribution in [-0.4, -0.2) is 29.0 Å². The average Bonchev–Trinajstić information content (AvgIpc) is 2.88. The highest BCUT2D eigenvalue weighted by Gasteiger charge is 2.27. The monoisotopic (exact) mass is 264 g/mol. The molecule has 0 radical (unpaired) electrons. The molecule has 104 valence electrons. The summed E-state index contributed by atoms with van der Waals surface area (Å²) in [7, 11) is 0. The van der Waals surface area contributed by atoms with Gasteiger partial charge in [0.15, 0.2) is 0 Å². The summed E-state index contributed by atoms with van der Waals surface area (Å²) in [5, 5.41) is 0. The van der Waals surface area contributed by atoms with Crippen LogP contribution in [0.25, 0.3) is 0 Å². The number of carbonyl (C=O) groups excluding carboxylic acids is 1. The van der Waals surface area contributed by atoms with E-state index in [1.54, 1.807) is 6.07 Å². The standard InChI is InChI=1S/C12H20N6O/c1-2-3-9-15-10(17-14)6-11(16-9)18-5-4-8(7-18)12(13)19/h6,8H,2-5,7,14H2,1H3,(H2,13,19)(H,15,16,17). The van der Waals surface area contributed by atoms with Gasteiger partial charge in [-0.1, -0.05) is 6.92 Å². The zero-order valence-corrected chi connectivity index (χ0v) is 11.1. The van der Waals surface area contributed by atoms with Crippen molar-refractivity contribution in [1.29, 1.82) is 0 Å². The Hall–Kier alpha value is -1.89. The van der Waals surface area contributed by atoms with Gasteiger partial charge in [0.25, 0.3) is 0 Å². The third kappa shape index (κ3) is 3.11. The van der Waals surface area contributed by atoms with Crippen LogP contribution in [0, 0.1) is 5.92 Å². The van der Waals surface area contributed by atoms with E-state index in [2.05, 4.69) is 27.2 Å². The fourth-order valence-electron chi connectivity index (χ4n) is 2.26. The summed E-state index contributed by atoms with van der Waals surface area (Å²) in [6, 6.07) is 1.79. The number of hydrazine groups is 1. The van der Waals surface area contributed by atoms with E-state index in [9.17, 15) is 4.79 Å². The number of nitrogens with two attached hydrogens (primary N) is 2. The Morgan fingerprint density at radius 1 is 1.58 bits per heavy atom. The maximum atomic E-state index is 11.2. The third-order valence-corrected chi connectivity index (χ3v) is 3.30. The summed E-state index contributed by atoms with van der Waals surface area (Å²) in [5.74, 6) is 7.23. The molecular formula is C12H20N6O. The number of hydrogen-bond donors (Lipinski definition) is 3. The zero-order chi connectivity index (χ0) is 13.8. The number of nitrogen functional groups attached to an aromatic ring is 1. The highest BCUT2D eigenvalue weighted by molar-refractivity contribution is 5.78. The van der Waals surface area contributed by atoms with Crippen molar-refractivity contribution in [3.63, 3.8) is 0 Å². The summed E-state index contributed by atoms with van der Waals surface area (Å²) >= 11 is 0. The van der Waals surface area contributed by atoms with Gasteiger partial charge in [-0.3, -0.25) is 4.79 Å². The van der Waals surface area contributed by atoms with Gasteiger partial charge in [0.05, 0.1) is 5.92 Å². The van der Waals surface area contributed by atoms with Gasteiger partial charge in [-0.15, -0.1) is 0 Å². The Bertz CT molecular complexity index is 464. The molecule has 19 heavy (non-hydrogen) atoms. The molecule has 1 fully saturated rings. The van der Waals surface area contributed by atoms with Crippen molar-refractivity contribution in [1.82, 2.24) is 9.97 Å². The lowest BCUT2D eigenvalue weighted by atomic mass is 10.1. The number of aryl methyl sites for hydroxylation is 1. The van der Waals surface area contributed by atoms with E-state index in [-0.39, 0.29) is 11.8 Å². The van der Waals surface area contributed by atoms with Crippen molar-refractivity contribution < 1.29 is 4.79 Å². The number of carbonyl (C=O) groups is 1. The number of nitrogens with one attached hydrogen (secondary N) is 1. The Kier molecular flexibility index (Phi) is 4.16. The van der Waals surface area contributed by atoms with Crippen LogP contribution in [0.4, 0.5) is 11.6 Å². The second-order valence-electron chi connectivity index (χ2n) is 4.76. The van der Waals surface area contributed by atoms with Crippen LogP contribution in [-0.2, 0) is 11.2 Å². The van der Waals surface area contributed by atoms with Crippen LogP contribution in [0.15, 0.2) is 6.07 Å². The van der Waals surface area contributed by atoms with Crippen molar-refractivity contribution in [3.05, 3.63) is 11.9 Å². The van der Waals surface area contributed by atoms with E-state index < -0.39 is 0 Å². The molecule has 1 atom stereocenters. The fraction of sp³-hybridized carbons (Fsp3) is 0.583. The van der Waals surface area contributed by atoms with Gasteiger partial charge in [-0.25, -0.2) is 15.8 Å². The van der Waals surface area contributed by atoms with Gasteiger partial charge >= 0.3 is 0 Å². The first-order chi connectivity index (χ1) is 9.13. The highest BCUT2D eigenvalue weighted by atomic mass is 16.1. The molecule has 2 heterocycles. The van der Waals surface area contributed by atoms with Gasteiger partial charge < -0.3 is 16.1 Å². The van der Waals surface area contributed by atoms with Crippen LogP contribution >= 0.6 is 0 Å². The van der Waals surface area contributed by atoms with E-state index in [1.165, 1.54) is 0 Å². The van der Waals surface area contributed by atoms with Crippen molar-refractivity contribution in [2.24, 2.45) is 17.5 Å². The molecule has 1 amide bonds. The van der Waals surface area contributed by atoms with Crippen molar-refractivity contribution in [2.45, 2.75) is 26.2 Å². The van der Waals surface area contributed by atoms with Crippen LogP contribution in [0.3, 0.4) is 0 Å².